The Kier molecular flexibility index (Phi) is 14.7. The summed E-state index contributed by atoms with van der Waals surface area (Å²) in [6.07, 6.45) is 3.96. The van der Waals surface area contributed by atoms with Gasteiger partial charge in [-0.1, -0.05) is 12.8 Å². The smallest absolute Gasteiger partial charge is 0.317 e. The van der Waals surface area contributed by atoms with Crippen LogP contribution in [0.15, 0.2) is 0 Å². The summed E-state index contributed by atoms with van der Waals surface area (Å²) < 4.78 is 0. The van der Waals surface area contributed by atoms with Gasteiger partial charge in [-0.15, -0.1) is 17.0 Å². The Morgan fingerprint density at radius 3 is 1.41 bits per heavy atom. The number of rotatable bonds is 11. The van der Waals surface area contributed by atoms with Gasteiger partial charge < -0.3 is 20.8 Å². The lowest BCUT2D eigenvalue weighted by Crippen LogP contribution is -2.24. The van der Waals surface area contributed by atoms with Gasteiger partial charge in [0, 0.05) is 0 Å². The molecular formula is C10H21BrN2O4. The van der Waals surface area contributed by atoms with E-state index in [2.05, 4.69) is 10.6 Å². The third-order valence-corrected chi connectivity index (χ3v) is 2.01. The minimum absolute atomic E-state index is 0. The standard InChI is InChI=1S/C10H20N2O4.BrH/c13-9(14)7-11-5-3-1-2-4-6-12-8-10(15)16;/h11-12H,1-8H2,(H,13,14)(H,15,16);1H. The van der Waals surface area contributed by atoms with E-state index >= 15 is 0 Å². The van der Waals surface area contributed by atoms with Gasteiger partial charge in [-0.2, -0.15) is 0 Å². The topological polar surface area (TPSA) is 98.7 Å². The van der Waals surface area contributed by atoms with Gasteiger partial charge in [-0.05, 0) is 25.9 Å². The molecule has 0 spiro atoms. The molecule has 0 radical (unpaired) electrons. The maximum absolute atomic E-state index is 10.1. The first-order chi connectivity index (χ1) is 7.63. The van der Waals surface area contributed by atoms with Gasteiger partial charge in [0.05, 0.1) is 13.1 Å². The van der Waals surface area contributed by atoms with Crippen LogP contribution < -0.4 is 10.6 Å². The molecule has 0 atom stereocenters. The summed E-state index contributed by atoms with van der Waals surface area (Å²) >= 11 is 0. The van der Waals surface area contributed by atoms with Crippen molar-refractivity contribution >= 4 is 28.9 Å². The van der Waals surface area contributed by atoms with Gasteiger partial charge in [0.15, 0.2) is 0 Å². The molecule has 0 aliphatic rings. The van der Waals surface area contributed by atoms with E-state index in [1.807, 2.05) is 0 Å². The third-order valence-electron chi connectivity index (χ3n) is 2.01. The second-order valence-electron chi connectivity index (χ2n) is 3.56. The molecule has 4 N–H and O–H groups in total. The molecule has 0 bridgehead atoms. The average molecular weight is 313 g/mol. The lowest BCUT2D eigenvalue weighted by molar-refractivity contribution is -0.137. The number of aliphatic carboxylic acids is 2. The molecular weight excluding hydrogens is 292 g/mol. The molecule has 0 aromatic heterocycles. The molecule has 0 rings (SSSR count). The first-order valence-electron chi connectivity index (χ1n) is 5.48. The van der Waals surface area contributed by atoms with Gasteiger partial charge in [0.1, 0.15) is 0 Å². The second kappa shape index (κ2) is 13.4. The highest BCUT2D eigenvalue weighted by atomic mass is 79.9. The SMILES string of the molecule is Br.O=C(O)CNCCCCCCNCC(=O)O. The van der Waals surface area contributed by atoms with Crippen molar-refractivity contribution in [1.29, 1.82) is 0 Å². The van der Waals surface area contributed by atoms with E-state index in [-0.39, 0.29) is 30.1 Å². The molecule has 7 heteroatoms. The maximum atomic E-state index is 10.1. The number of carboxylic acids is 2. The predicted octanol–water partition coefficient (Wildman–Crippen LogP) is 0.473. The fourth-order valence-corrected chi connectivity index (χ4v) is 1.24. The lowest BCUT2D eigenvalue weighted by Gasteiger charge is -2.03. The fraction of sp³-hybridized carbons (Fsp3) is 0.800. The number of nitrogens with one attached hydrogen (secondary N) is 2. The van der Waals surface area contributed by atoms with Crippen LogP contribution in [0.25, 0.3) is 0 Å². The van der Waals surface area contributed by atoms with Crippen molar-refractivity contribution in [3.63, 3.8) is 0 Å². The zero-order valence-electron chi connectivity index (χ0n) is 9.78. The molecule has 0 fully saturated rings. The number of carboxylic acid groups (broad SMARTS) is 2. The summed E-state index contributed by atoms with van der Waals surface area (Å²) in [5.41, 5.74) is 0. The summed E-state index contributed by atoms with van der Waals surface area (Å²) in [7, 11) is 0. The van der Waals surface area contributed by atoms with Gasteiger partial charge in [0.2, 0.25) is 0 Å². The maximum Gasteiger partial charge on any atom is 0.317 e. The number of halogens is 1. The lowest BCUT2D eigenvalue weighted by atomic mass is 10.2. The highest BCUT2D eigenvalue weighted by Gasteiger charge is 1.96. The molecule has 0 heterocycles. The molecule has 0 aromatic rings. The summed E-state index contributed by atoms with van der Waals surface area (Å²) in [6, 6.07) is 0. The first-order valence-corrected chi connectivity index (χ1v) is 5.48. The number of hydrogen-bond acceptors (Lipinski definition) is 4. The van der Waals surface area contributed by atoms with Crippen LogP contribution in [0.4, 0.5) is 0 Å². The molecule has 102 valence electrons. The Morgan fingerprint density at radius 2 is 1.12 bits per heavy atom. The Morgan fingerprint density at radius 1 is 0.765 bits per heavy atom. The molecule has 0 saturated heterocycles. The highest BCUT2D eigenvalue weighted by Crippen LogP contribution is 1.97. The molecule has 0 saturated carbocycles. The molecule has 6 nitrogen and oxygen atoms in total. The van der Waals surface area contributed by atoms with Crippen LogP contribution in [0, 0.1) is 0 Å². The van der Waals surface area contributed by atoms with Crippen LogP contribution in [0.3, 0.4) is 0 Å². The monoisotopic (exact) mass is 312 g/mol. The number of hydrogen-bond donors (Lipinski definition) is 4. The van der Waals surface area contributed by atoms with E-state index in [1.54, 1.807) is 0 Å². The first kappa shape index (κ1) is 18.7. The van der Waals surface area contributed by atoms with Crippen molar-refractivity contribution in [1.82, 2.24) is 10.6 Å². The molecule has 0 amide bonds. The third kappa shape index (κ3) is 17.9. The molecule has 0 aromatic carbocycles. The molecule has 0 unspecified atom stereocenters. The van der Waals surface area contributed by atoms with E-state index in [9.17, 15) is 9.59 Å². The quantitative estimate of drug-likeness (QED) is 0.414. The number of carbonyl (C=O) groups is 2. The van der Waals surface area contributed by atoms with E-state index in [0.717, 1.165) is 38.8 Å². The Labute approximate surface area is 112 Å². The van der Waals surface area contributed by atoms with Crippen molar-refractivity contribution in [2.24, 2.45) is 0 Å². The van der Waals surface area contributed by atoms with Gasteiger partial charge in [0.25, 0.3) is 0 Å². The van der Waals surface area contributed by atoms with E-state index in [1.165, 1.54) is 0 Å². The normalized spacial score (nSPS) is 9.65. The van der Waals surface area contributed by atoms with Gasteiger partial charge >= 0.3 is 11.9 Å². The summed E-state index contributed by atoms with van der Waals surface area (Å²) in [6.45, 7) is 1.46. The van der Waals surface area contributed by atoms with Crippen LogP contribution in [-0.2, 0) is 9.59 Å². The Balaban J connectivity index is 0. The minimum atomic E-state index is -0.835. The largest absolute Gasteiger partial charge is 0.480 e. The van der Waals surface area contributed by atoms with Crippen molar-refractivity contribution < 1.29 is 19.8 Å². The average Bonchev–Trinajstić information content (AvgIpc) is 2.20. The Hall–Kier alpha value is -0.660. The van der Waals surface area contributed by atoms with E-state index in [4.69, 9.17) is 10.2 Å². The zero-order chi connectivity index (χ0) is 12.2. The van der Waals surface area contributed by atoms with E-state index in [0.29, 0.717) is 0 Å². The van der Waals surface area contributed by atoms with Crippen LogP contribution in [-0.4, -0.2) is 48.3 Å². The van der Waals surface area contributed by atoms with Crippen LogP contribution in [0.5, 0.6) is 0 Å². The Bertz CT molecular complexity index is 192. The number of unbranched alkanes of at least 4 members (excludes halogenated alkanes) is 3. The molecule has 0 aliphatic carbocycles. The summed E-state index contributed by atoms with van der Waals surface area (Å²) in [5.74, 6) is -1.67. The predicted molar refractivity (Wildman–Crippen MR) is 69.8 cm³/mol. The molecule has 0 aliphatic heterocycles. The van der Waals surface area contributed by atoms with Gasteiger partial charge in [-0.3, -0.25) is 9.59 Å². The van der Waals surface area contributed by atoms with Crippen molar-refractivity contribution in [2.45, 2.75) is 25.7 Å². The van der Waals surface area contributed by atoms with Crippen LogP contribution in [0.1, 0.15) is 25.7 Å². The second-order valence-corrected chi connectivity index (χ2v) is 3.56. The minimum Gasteiger partial charge on any atom is -0.480 e. The van der Waals surface area contributed by atoms with Crippen LogP contribution in [0.2, 0.25) is 0 Å². The van der Waals surface area contributed by atoms with E-state index < -0.39 is 11.9 Å². The van der Waals surface area contributed by atoms with Crippen molar-refractivity contribution in [2.75, 3.05) is 26.2 Å². The van der Waals surface area contributed by atoms with Gasteiger partial charge in [-0.25, -0.2) is 0 Å². The summed E-state index contributed by atoms with van der Waals surface area (Å²) in [4.78, 5) is 20.3. The highest BCUT2D eigenvalue weighted by molar-refractivity contribution is 8.93. The summed E-state index contributed by atoms with van der Waals surface area (Å²) in [5, 5.41) is 22.3. The van der Waals surface area contributed by atoms with Crippen LogP contribution >= 0.6 is 17.0 Å². The zero-order valence-corrected chi connectivity index (χ0v) is 11.5. The molecule has 17 heavy (non-hydrogen) atoms. The van der Waals surface area contributed by atoms with Crippen molar-refractivity contribution in [3.05, 3.63) is 0 Å². The van der Waals surface area contributed by atoms with Crippen molar-refractivity contribution in [3.8, 4) is 0 Å². The fourth-order valence-electron chi connectivity index (χ4n) is 1.24.